The molecule has 0 bridgehead atoms. The number of ketones is 2. The number of hydrogen-bond acceptors (Lipinski definition) is 5. The van der Waals surface area contributed by atoms with Crippen molar-refractivity contribution in [3.8, 4) is 0 Å². The second-order valence-corrected chi connectivity index (χ2v) is 10.8. The number of rotatable bonds is 7. The van der Waals surface area contributed by atoms with Crippen LogP contribution in [-0.2, 0) is 29.0 Å². The molecule has 38 heavy (non-hydrogen) atoms. The van der Waals surface area contributed by atoms with Crippen LogP contribution < -0.4 is 0 Å². The summed E-state index contributed by atoms with van der Waals surface area (Å²) in [7, 11) is 0. The second-order valence-electron chi connectivity index (χ2n) is 10.8. The number of likely N-dealkylation sites (tertiary alicyclic amines) is 1. The zero-order chi connectivity index (χ0) is 27.0. The van der Waals surface area contributed by atoms with E-state index in [9.17, 15) is 28.0 Å². The highest BCUT2D eigenvalue weighted by Crippen LogP contribution is 2.32. The number of nitrogens with zero attached hydrogens (tertiary/aromatic N) is 2. The lowest BCUT2D eigenvalue weighted by Crippen LogP contribution is -2.47. The Bertz CT molecular complexity index is 1280. The van der Waals surface area contributed by atoms with Crippen LogP contribution in [0.25, 0.3) is 0 Å². The maximum atomic E-state index is 13.3. The summed E-state index contributed by atoms with van der Waals surface area (Å²) >= 11 is 0. The van der Waals surface area contributed by atoms with Gasteiger partial charge in [-0.2, -0.15) is 0 Å². The van der Waals surface area contributed by atoms with E-state index in [1.165, 1.54) is 5.56 Å². The molecule has 1 unspecified atom stereocenters. The van der Waals surface area contributed by atoms with Crippen LogP contribution in [0, 0.1) is 12.8 Å². The first kappa shape index (κ1) is 26.4. The van der Waals surface area contributed by atoms with Crippen molar-refractivity contribution in [3.05, 3.63) is 69.8 Å². The van der Waals surface area contributed by atoms with Crippen LogP contribution in [0.5, 0.6) is 0 Å². The molecule has 1 aliphatic carbocycles. The molecular weight excluding hydrogens is 490 g/mol. The van der Waals surface area contributed by atoms with E-state index in [0.29, 0.717) is 49.9 Å². The number of hydrogen-bond donors (Lipinski definition) is 0. The number of fused-ring (bicyclic) bond motifs is 1. The molecule has 2 fully saturated rings. The highest BCUT2D eigenvalue weighted by Gasteiger charge is 2.45. The number of piperidine rings is 1. The third-order valence-corrected chi connectivity index (χ3v) is 8.26. The Morgan fingerprint density at radius 2 is 1.68 bits per heavy atom. The molecular formula is C30H32F2N2O4. The number of Topliss-reactive ketones (excluding diaryl/α,β-unsaturated/α-hetero) is 2. The highest BCUT2D eigenvalue weighted by atomic mass is 19.3. The maximum Gasteiger partial charge on any atom is 0.262 e. The van der Waals surface area contributed by atoms with Gasteiger partial charge in [0, 0.05) is 18.9 Å². The largest absolute Gasteiger partial charge is 0.299 e. The number of carbonyl (C=O) groups is 4. The second kappa shape index (κ2) is 10.8. The fraction of sp³-hybridized carbons (Fsp3) is 0.467. The van der Waals surface area contributed by atoms with Gasteiger partial charge in [-0.3, -0.25) is 29.0 Å². The lowest BCUT2D eigenvalue weighted by atomic mass is 9.92. The monoisotopic (exact) mass is 522 g/mol. The Morgan fingerprint density at radius 1 is 0.921 bits per heavy atom. The number of alkyl halides is 2. The van der Waals surface area contributed by atoms with Crippen molar-refractivity contribution in [2.75, 3.05) is 13.1 Å². The van der Waals surface area contributed by atoms with Crippen molar-refractivity contribution in [1.29, 1.82) is 0 Å². The van der Waals surface area contributed by atoms with Crippen LogP contribution in [-0.4, -0.2) is 58.7 Å². The van der Waals surface area contributed by atoms with Crippen molar-refractivity contribution in [2.24, 2.45) is 5.92 Å². The topological polar surface area (TPSA) is 74.8 Å². The van der Waals surface area contributed by atoms with E-state index in [0.717, 1.165) is 28.1 Å². The minimum absolute atomic E-state index is 0.152. The predicted octanol–water partition coefficient (Wildman–Crippen LogP) is 4.54. The van der Waals surface area contributed by atoms with Gasteiger partial charge in [-0.1, -0.05) is 30.3 Å². The summed E-state index contributed by atoms with van der Waals surface area (Å²) in [6, 6.07) is 10.6. The molecule has 1 atom stereocenters. The molecule has 200 valence electrons. The molecule has 1 saturated heterocycles. The van der Waals surface area contributed by atoms with Gasteiger partial charge in [0.05, 0.1) is 23.6 Å². The molecule has 1 saturated carbocycles. The number of imide groups is 1. The van der Waals surface area contributed by atoms with Gasteiger partial charge in [-0.05, 0) is 80.4 Å². The van der Waals surface area contributed by atoms with Crippen molar-refractivity contribution < 1.29 is 28.0 Å². The van der Waals surface area contributed by atoms with Gasteiger partial charge in [0.1, 0.15) is 5.78 Å². The summed E-state index contributed by atoms with van der Waals surface area (Å²) in [6.07, 6.45) is 0.218. The molecule has 2 amide bonds. The lowest BCUT2D eigenvalue weighted by molar-refractivity contribution is -0.132. The summed E-state index contributed by atoms with van der Waals surface area (Å²) in [6.45, 7) is 4.16. The van der Waals surface area contributed by atoms with E-state index in [1.807, 2.05) is 6.07 Å². The van der Waals surface area contributed by atoms with Gasteiger partial charge >= 0.3 is 0 Å². The van der Waals surface area contributed by atoms with Crippen LogP contribution in [0.15, 0.2) is 36.4 Å². The number of halogens is 2. The Kier molecular flexibility index (Phi) is 7.52. The van der Waals surface area contributed by atoms with Crippen LogP contribution in [0.3, 0.4) is 0 Å². The Hall–Kier alpha value is -3.26. The molecule has 8 heteroatoms. The quantitative estimate of drug-likeness (QED) is 0.394. The lowest BCUT2D eigenvalue weighted by Gasteiger charge is -2.31. The molecule has 2 aliphatic heterocycles. The Morgan fingerprint density at radius 3 is 2.37 bits per heavy atom. The smallest absolute Gasteiger partial charge is 0.262 e. The van der Waals surface area contributed by atoms with Crippen molar-refractivity contribution in [3.63, 3.8) is 0 Å². The van der Waals surface area contributed by atoms with Gasteiger partial charge in [-0.25, -0.2) is 8.78 Å². The van der Waals surface area contributed by atoms with Crippen molar-refractivity contribution in [2.45, 2.75) is 70.9 Å². The van der Waals surface area contributed by atoms with Gasteiger partial charge in [0.25, 0.3) is 11.8 Å². The first-order valence-electron chi connectivity index (χ1n) is 13.4. The van der Waals surface area contributed by atoms with E-state index in [-0.39, 0.29) is 30.8 Å². The van der Waals surface area contributed by atoms with E-state index >= 15 is 0 Å². The van der Waals surface area contributed by atoms with Crippen LogP contribution in [0.2, 0.25) is 0 Å². The van der Waals surface area contributed by atoms with E-state index < -0.39 is 30.2 Å². The molecule has 0 spiro atoms. The third kappa shape index (κ3) is 5.19. The summed E-state index contributed by atoms with van der Waals surface area (Å²) < 4.78 is 25.9. The van der Waals surface area contributed by atoms with E-state index in [1.54, 1.807) is 12.1 Å². The third-order valence-electron chi connectivity index (χ3n) is 8.26. The normalized spacial score (nSPS) is 21.1. The standard InChI is InChI=1S/C30H32F2N2O4/c1-18-15-19(6-8-22(18)17-33-13-11-21(12-14-33)28(31)32)5-7-20-3-2-4-24-27(20)30(38)34(29(24)37)25-10-9-23(35)16-26(25)36/h2-4,6,8,15,21,25,28H,5,7,9-14,16-17H2,1H3. The maximum absolute atomic E-state index is 13.3. The van der Waals surface area contributed by atoms with E-state index in [4.69, 9.17) is 0 Å². The van der Waals surface area contributed by atoms with Crippen LogP contribution in [0.4, 0.5) is 8.78 Å². The van der Waals surface area contributed by atoms with Crippen LogP contribution in [0.1, 0.15) is 75.1 Å². The number of benzene rings is 2. The Labute approximate surface area is 221 Å². The average molecular weight is 523 g/mol. The summed E-state index contributed by atoms with van der Waals surface area (Å²) in [5, 5.41) is 0. The molecule has 0 N–H and O–H groups in total. The van der Waals surface area contributed by atoms with E-state index in [2.05, 4.69) is 30.0 Å². The summed E-state index contributed by atoms with van der Waals surface area (Å²) in [5.41, 5.74) is 4.87. The summed E-state index contributed by atoms with van der Waals surface area (Å²) in [5.74, 6) is -1.92. The van der Waals surface area contributed by atoms with Gasteiger partial charge in [-0.15, -0.1) is 0 Å². The fourth-order valence-electron chi connectivity index (χ4n) is 5.97. The zero-order valence-electron chi connectivity index (χ0n) is 21.6. The molecule has 0 aromatic heterocycles. The predicted molar refractivity (Wildman–Crippen MR) is 137 cm³/mol. The minimum atomic E-state index is -2.24. The van der Waals surface area contributed by atoms with Crippen molar-refractivity contribution in [1.82, 2.24) is 9.80 Å². The number of carbonyl (C=O) groups excluding carboxylic acids is 4. The van der Waals surface area contributed by atoms with Crippen LogP contribution >= 0.6 is 0 Å². The average Bonchev–Trinajstić information content (AvgIpc) is 3.15. The first-order chi connectivity index (χ1) is 18.2. The van der Waals surface area contributed by atoms with Gasteiger partial charge in [0.15, 0.2) is 5.78 Å². The molecule has 2 heterocycles. The molecule has 0 radical (unpaired) electrons. The van der Waals surface area contributed by atoms with Crippen molar-refractivity contribution >= 4 is 23.4 Å². The molecule has 2 aromatic carbocycles. The molecule has 2 aromatic rings. The first-order valence-corrected chi connectivity index (χ1v) is 13.4. The zero-order valence-corrected chi connectivity index (χ0v) is 21.6. The molecule has 5 rings (SSSR count). The highest BCUT2D eigenvalue weighted by molar-refractivity contribution is 6.24. The minimum Gasteiger partial charge on any atom is -0.299 e. The number of amides is 2. The number of aryl methyl sites for hydroxylation is 3. The fourth-order valence-corrected chi connectivity index (χ4v) is 5.97. The SMILES string of the molecule is Cc1cc(CCc2cccc3c2C(=O)N(C2CCC(=O)CC2=O)C3=O)ccc1CN1CCC(C(F)F)CC1. The molecule has 6 nitrogen and oxygen atoms in total. The molecule has 3 aliphatic rings. The summed E-state index contributed by atoms with van der Waals surface area (Å²) in [4.78, 5) is 53.8. The van der Waals surface area contributed by atoms with Gasteiger partial charge in [0.2, 0.25) is 6.43 Å². The van der Waals surface area contributed by atoms with Gasteiger partial charge < -0.3 is 0 Å². The Balaban J connectivity index is 1.25.